The number of halogens is 5. The van der Waals surface area contributed by atoms with Crippen LogP contribution in [-0.4, -0.2) is 21.7 Å². The summed E-state index contributed by atoms with van der Waals surface area (Å²) in [6.45, 7) is 0. The number of rotatable bonds is 3. The van der Waals surface area contributed by atoms with Crippen molar-refractivity contribution in [2.24, 2.45) is 0 Å². The highest BCUT2D eigenvalue weighted by Crippen LogP contribution is 2.33. The Labute approximate surface area is 106 Å². The summed E-state index contributed by atoms with van der Waals surface area (Å²) in [4.78, 5) is 2.45. The van der Waals surface area contributed by atoms with Crippen molar-refractivity contribution in [3.63, 3.8) is 0 Å². The van der Waals surface area contributed by atoms with Crippen molar-refractivity contribution in [3.8, 4) is 0 Å². The third kappa shape index (κ3) is 4.32. The lowest BCUT2D eigenvalue weighted by Gasteiger charge is -2.13. The number of aromatic nitrogens is 1. The molecule has 0 spiro atoms. The molecule has 7 heteroatoms. The van der Waals surface area contributed by atoms with E-state index in [1.54, 1.807) is 18.3 Å². The highest BCUT2D eigenvalue weighted by Gasteiger charge is 2.37. The maximum atomic E-state index is 12.2. The molecule has 1 atom stereocenters. The Morgan fingerprint density at radius 2 is 2.13 bits per heavy atom. The van der Waals surface area contributed by atoms with Crippen LogP contribution >= 0.6 is 43.6 Å². The van der Waals surface area contributed by atoms with Crippen LogP contribution in [-0.2, 0) is 0 Å². The second-order valence-corrected chi connectivity index (χ2v) is 5.58. The summed E-state index contributed by atoms with van der Waals surface area (Å²) >= 11 is 6.87. The van der Waals surface area contributed by atoms with Crippen LogP contribution in [0.3, 0.4) is 0 Å². The zero-order valence-electron chi connectivity index (χ0n) is 7.26. The monoisotopic (exact) mass is 363 g/mol. The van der Waals surface area contributed by atoms with Crippen molar-refractivity contribution in [3.05, 3.63) is 22.8 Å². The van der Waals surface area contributed by atoms with E-state index in [1.165, 1.54) is 0 Å². The summed E-state index contributed by atoms with van der Waals surface area (Å²) < 4.78 is 37.2. The predicted molar refractivity (Wildman–Crippen MR) is 61.4 cm³/mol. The molecular formula is C8H6Br2F3NS. The number of pyridine rings is 1. The maximum Gasteiger partial charge on any atom is 0.402 e. The third-order valence-electron chi connectivity index (χ3n) is 1.45. The Balaban J connectivity index is 2.55. The van der Waals surface area contributed by atoms with Gasteiger partial charge in [-0.05, 0) is 28.1 Å². The van der Waals surface area contributed by atoms with Gasteiger partial charge in [0.1, 0.15) is 9.85 Å². The fraction of sp³-hybridized carbons (Fsp3) is 0.375. The minimum absolute atomic E-state index is 0.0981. The average molecular weight is 365 g/mol. The lowest BCUT2D eigenvalue weighted by Crippen LogP contribution is -2.24. The number of thioether (sulfide) groups is 1. The molecule has 0 aliphatic carbocycles. The molecule has 0 radical (unpaired) electrons. The standard InChI is InChI=1S/C8H6Br2F3NS/c9-5-2-1-3-14-7(5)15-4-6(10)8(11,12)13/h1-3,6H,4H2. The summed E-state index contributed by atoms with van der Waals surface area (Å²) in [5.74, 6) is -0.0981. The molecule has 1 rings (SSSR count). The molecule has 0 aromatic carbocycles. The van der Waals surface area contributed by atoms with Crippen molar-refractivity contribution >= 4 is 43.6 Å². The Kier molecular flexibility index (Phi) is 4.92. The van der Waals surface area contributed by atoms with Gasteiger partial charge >= 0.3 is 6.18 Å². The fourth-order valence-electron chi connectivity index (χ4n) is 0.724. The van der Waals surface area contributed by atoms with Gasteiger partial charge in [-0.15, -0.1) is 11.8 Å². The van der Waals surface area contributed by atoms with E-state index in [9.17, 15) is 13.2 Å². The van der Waals surface area contributed by atoms with Crippen LogP contribution in [0.4, 0.5) is 13.2 Å². The summed E-state index contributed by atoms with van der Waals surface area (Å²) in [6.07, 6.45) is -2.67. The number of alkyl halides is 4. The lowest BCUT2D eigenvalue weighted by atomic mass is 10.5. The summed E-state index contributed by atoms with van der Waals surface area (Å²) in [6, 6.07) is 3.45. The van der Waals surface area contributed by atoms with Gasteiger partial charge in [0.15, 0.2) is 0 Å². The Morgan fingerprint density at radius 3 is 2.67 bits per heavy atom. The van der Waals surface area contributed by atoms with Gasteiger partial charge < -0.3 is 0 Å². The van der Waals surface area contributed by atoms with Gasteiger partial charge in [0.05, 0.1) is 0 Å². The number of nitrogens with zero attached hydrogens (tertiary/aromatic N) is 1. The molecule has 1 aromatic rings. The highest BCUT2D eigenvalue weighted by molar-refractivity contribution is 9.10. The highest BCUT2D eigenvalue weighted by atomic mass is 79.9. The van der Waals surface area contributed by atoms with Crippen molar-refractivity contribution in [1.82, 2.24) is 4.98 Å². The van der Waals surface area contributed by atoms with Gasteiger partial charge in [-0.25, -0.2) is 4.98 Å². The van der Waals surface area contributed by atoms with E-state index in [0.29, 0.717) is 9.50 Å². The Morgan fingerprint density at radius 1 is 1.47 bits per heavy atom. The van der Waals surface area contributed by atoms with Crippen molar-refractivity contribution < 1.29 is 13.2 Å². The van der Waals surface area contributed by atoms with Crippen LogP contribution < -0.4 is 0 Å². The van der Waals surface area contributed by atoms with E-state index in [4.69, 9.17) is 0 Å². The molecule has 0 N–H and O–H groups in total. The molecule has 0 bridgehead atoms. The van der Waals surface area contributed by atoms with Gasteiger partial charge in [-0.2, -0.15) is 13.2 Å². The zero-order chi connectivity index (χ0) is 11.5. The molecule has 1 nitrogen and oxygen atoms in total. The van der Waals surface area contributed by atoms with Crippen LogP contribution in [0.25, 0.3) is 0 Å². The van der Waals surface area contributed by atoms with Crippen molar-refractivity contribution in [2.45, 2.75) is 16.0 Å². The largest absolute Gasteiger partial charge is 0.402 e. The first-order chi connectivity index (χ1) is 6.91. The molecule has 1 unspecified atom stereocenters. The Hall–Kier alpha value is 0.250. The summed E-state index contributed by atoms with van der Waals surface area (Å²) in [5, 5.41) is 0.561. The first kappa shape index (κ1) is 13.3. The predicted octanol–water partition coefficient (Wildman–Crippen LogP) is 4.26. The molecule has 1 heterocycles. The minimum Gasteiger partial charge on any atom is -0.249 e. The van der Waals surface area contributed by atoms with Gasteiger partial charge in [0, 0.05) is 16.4 Å². The molecule has 0 aliphatic heterocycles. The van der Waals surface area contributed by atoms with E-state index >= 15 is 0 Å². The van der Waals surface area contributed by atoms with Gasteiger partial charge in [-0.3, -0.25) is 0 Å². The molecule has 0 saturated heterocycles. The molecular weight excluding hydrogens is 359 g/mol. The van der Waals surface area contributed by atoms with Crippen LogP contribution in [0.1, 0.15) is 0 Å². The smallest absolute Gasteiger partial charge is 0.249 e. The SMILES string of the molecule is FC(F)(F)C(Br)CSc1ncccc1Br. The molecule has 0 aliphatic rings. The van der Waals surface area contributed by atoms with Crippen LogP contribution in [0.2, 0.25) is 0 Å². The van der Waals surface area contributed by atoms with Gasteiger partial charge in [0.2, 0.25) is 0 Å². The molecule has 84 valence electrons. The number of hydrogen-bond donors (Lipinski definition) is 0. The summed E-state index contributed by atoms with van der Waals surface area (Å²) in [5.41, 5.74) is 0. The first-order valence-electron chi connectivity index (χ1n) is 3.85. The van der Waals surface area contributed by atoms with E-state index in [2.05, 4.69) is 36.8 Å². The lowest BCUT2D eigenvalue weighted by molar-refractivity contribution is -0.122. The second kappa shape index (κ2) is 5.54. The van der Waals surface area contributed by atoms with E-state index < -0.39 is 11.0 Å². The third-order valence-corrected chi connectivity index (χ3v) is 4.72. The molecule has 15 heavy (non-hydrogen) atoms. The molecule has 0 fully saturated rings. The Bertz CT molecular complexity index is 332. The minimum atomic E-state index is -4.21. The van der Waals surface area contributed by atoms with E-state index in [0.717, 1.165) is 11.8 Å². The molecule has 1 aromatic heterocycles. The second-order valence-electron chi connectivity index (χ2n) is 2.61. The van der Waals surface area contributed by atoms with Gasteiger partial charge in [0.25, 0.3) is 0 Å². The number of hydrogen-bond acceptors (Lipinski definition) is 2. The van der Waals surface area contributed by atoms with Crippen LogP contribution in [0, 0.1) is 0 Å². The molecule has 0 amide bonds. The van der Waals surface area contributed by atoms with Crippen molar-refractivity contribution in [1.29, 1.82) is 0 Å². The van der Waals surface area contributed by atoms with Gasteiger partial charge in [-0.1, -0.05) is 15.9 Å². The molecule has 0 saturated carbocycles. The maximum absolute atomic E-state index is 12.2. The quantitative estimate of drug-likeness (QED) is 0.587. The summed E-state index contributed by atoms with van der Waals surface area (Å²) in [7, 11) is 0. The van der Waals surface area contributed by atoms with E-state index in [1.807, 2.05) is 0 Å². The van der Waals surface area contributed by atoms with Crippen molar-refractivity contribution in [2.75, 3.05) is 5.75 Å². The topological polar surface area (TPSA) is 12.9 Å². The first-order valence-corrected chi connectivity index (χ1v) is 6.55. The fourth-order valence-corrected chi connectivity index (χ4v) is 2.55. The zero-order valence-corrected chi connectivity index (χ0v) is 11.3. The van der Waals surface area contributed by atoms with Crippen LogP contribution in [0.15, 0.2) is 27.8 Å². The average Bonchev–Trinajstić information content (AvgIpc) is 2.14. The van der Waals surface area contributed by atoms with E-state index in [-0.39, 0.29) is 5.75 Å². The normalized spacial score (nSPS) is 13.9. The van der Waals surface area contributed by atoms with Crippen LogP contribution in [0.5, 0.6) is 0 Å².